The minimum atomic E-state index is -3.94. The van der Waals surface area contributed by atoms with Gasteiger partial charge in [-0.2, -0.15) is 4.72 Å². The van der Waals surface area contributed by atoms with Crippen LogP contribution in [0, 0.1) is 12.7 Å². The highest BCUT2D eigenvalue weighted by molar-refractivity contribution is 7.89. The molecule has 0 unspecified atom stereocenters. The molecule has 1 saturated heterocycles. The lowest BCUT2D eigenvalue weighted by Crippen LogP contribution is -2.41. The number of benzene rings is 2. The summed E-state index contributed by atoms with van der Waals surface area (Å²) in [7, 11) is -3.94. The third kappa shape index (κ3) is 3.53. The lowest BCUT2D eigenvalue weighted by molar-refractivity contribution is -0.118. The van der Waals surface area contributed by atoms with Gasteiger partial charge >= 0.3 is 0 Å². The van der Waals surface area contributed by atoms with Gasteiger partial charge in [0.15, 0.2) is 0 Å². The molecule has 1 amide bonds. The van der Waals surface area contributed by atoms with Gasteiger partial charge in [-0.05, 0) is 49.2 Å². The summed E-state index contributed by atoms with van der Waals surface area (Å²) in [4.78, 5) is 14.0. The number of nitrogens with one attached hydrogen (secondary N) is 1. The predicted octanol–water partition coefficient (Wildman–Crippen LogP) is 2.87. The maximum atomic E-state index is 13.0. The standard InChI is InChI=1S/C17H16ClFN2O3S/c1-11-3-2-4-14(18)16(11)25(23,24)20-15-9-10-21(17(15)22)13-7-5-12(19)6-8-13/h2-8,15,20H,9-10H2,1H3/t15-/m1/s1. The van der Waals surface area contributed by atoms with Crippen LogP contribution in [0.5, 0.6) is 0 Å². The number of nitrogens with zero attached hydrogens (tertiary/aromatic N) is 1. The highest BCUT2D eigenvalue weighted by Crippen LogP contribution is 2.27. The Balaban J connectivity index is 1.82. The van der Waals surface area contributed by atoms with Crippen LogP contribution < -0.4 is 9.62 Å². The van der Waals surface area contributed by atoms with Crippen molar-refractivity contribution < 1.29 is 17.6 Å². The SMILES string of the molecule is Cc1cccc(Cl)c1S(=O)(=O)N[C@@H]1CCN(c2ccc(F)cc2)C1=O. The van der Waals surface area contributed by atoms with E-state index in [1.807, 2.05) is 0 Å². The molecule has 1 heterocycles. The summed E-state index contributed by atoms with van der Waals surface area (Å²) in [5.41, 5.74) is 1.03. The third-order valence-corrected chi connectivity index (χ3v) is 6.17. The van der Waals surface area contributed by atoms with Crippen LogP contribution in [0.25, 0.3) is 0 Å². The zero-order valence-corrected chi connectivity index (χ0v) is 14.9. The van der Waals surface area contributed by atoms with Gasteiger partial charge in [0.2, 0.25) is 15.9 Å². The second kappa shape index (κ2) is 6.74. The van der Waals surface area contributed by atoms with Crippen LogP contribution in [0.3, 0.4) is 0 Å². The second-order valence-corrected chi connectivity index (χ2v) is 7.87. The highest BCUT2D eigenvalue weighted by atomic mass is 35.5. The Kier molecular flexibility index (Phi) is 4.81. The zero-order chi connectivity index (χ0) is 18.2. The van der Waals surface area contributed by atoms with Gasteiger partial charge in [0.05, 0.1) is 5.02 Å². The molecule has 1 atom stereocenters. The van der Waals surface area contributed by atoms with Gasteiger partial charge in [-0.15, -0.1) is 0 Å². The molecule has 0 aliphatic carbocycles. The van der Waals surface area contributed by atoms with E-state index >= 15 is 0 Å². The van der Waals surface area contributed by atoms with Gasteiger partial charge in [-0.3, -0.25) is 4.79 Å². The molecule has 0 aromatic heterocycles. The van der Waals surface area contributed by atoms with E-state index in [2.05, 4.69) is 4.72 Å². The fraction of sp³-hybridized carbons (Fsp3) is 0.235. The fourth-order valence-electron chi connectivity index (χ4n) is 2.87. The molecule has 5 nitrogen and oxygen atoms in total. The number of carbonyl (C=O) groups excluding carboxylic acids is 1. The monoisotopic (exact) mass is 382 g/mol. The van der Waals surface area contributed by atoms with Crippen molar-refractivity contribution in [2.45, 2.75) is 24.3 Å². The van der Waals surface area contributed by atoms with Crippen molar-refractivity contribution in [1.29, 1.82) is 0 Å². The van der Waals surface area contributed by atoms with E-state index in [0.717, 1.165) is 0 Å². The molecule has 8 heteroatoms. The summed E-state index contributed by atoms with van der Waals surface area (Å²) in [5.74, 6) is -0.776. The first-order chi connectivity index (χ1) is 11.8. The number of hydrogen-bond acceptors (Lipinski definition) is 3. The van der Waals surface area contributed by atoms with Crippen molar-refractivity contribution in [3.63, 3.8) is 0 Å². The number of halogens is 2. The number of amides is 1. The van der Waals surface area contributed by atoms with E-state index in [-0.39, 0.29) is 15.8 Å². The minimum Gasteiger partial charge on any atom is -0.311 e. The molecular weight excluding hydrogens is 367 g/mol. The van der Waals surface area contributed by atoms with Crippen molar-refractivity contribution in [2.24, 2.45) is 0 Å². The smallest absolute Gasteiger partial charge is 0.245 e. The van der Waals surface area contributed by atoms with Gasteiger partial charge in [0.25, 0.3) is 0 Å². The van der Waals surface area contributed by atoms with Crippen molar-refractivity contribution in [2.75, 3.05) is 11.4 Å². The number of sulfonamides is 1. The average molecular weight is 383 g/mol. The van der Waals surface area contributed by atoms with E-state index in [4.69, 9.17) is 11.6 Å². The molecule has 3 rings (SSSR count). The Labute approximate surface area is 150 Å². The molecular formula is C17H16ClFN2O3S. The van der Waals surface area contributed by atoms with E-state index in [0.29, 0.717) is 24.2 Å². The topological polar surface area (TPSA) is 66.5 Å². The van der Waals surface area contributed by atoms with Crippen LogP contribution in [0.1, 0.15) is 12.0 Å². The first-order valence-electron chi connectivity index (χ1n) is 7.64. The summed E-state index contributed by atoms with van der Waals surface area (Å²) in [6.07, 6.45) is 0.318. The van der Waals surface area contributed by atoms with E-state index in [1.165, 1.54) is 35.2 Å². The minimum absolute atomic E-state index is 0.0234. The largest absolute Gasteiger partial charge is 0.311 e. The normalized spacial score (nSPS) is 18.0. The quantitative estimate of drug-likeness (QED) is 0.884. The van der Waals surface area contributed by atoms with E-state index < -0.39 is 21.9 Å². The summed E-state index contributed by atoms with van der Waals surface area (Å²) >= 11 is 6.03. The van der Waals surface area contributed by atoms with Crippen molar-refractivity contribution in [1.82, 2.24) is 4.72 Å². The van der Waals surface area contributed by atoms with Crippen LogP contribution in [-0.2, 0) is 14.8 Å². The Morgan fingerprint density at radius 3 is 2.52 bits per heavy atom. The van der Waals surface area contributed by atoms with Gasteiger partial charge < -0.3 is 4.90 Å². The summed E-state index contributed by atoms with van der Waals surface area (Å²) in [6, 6.07) is 9.40. The molecule has 2 aromatic carbocycles. The van der Waals surface area contributed by atoms with Gasteiger partial charge in [-0.1, -0.05) is 23.7 Å². The molecule has 25 heavy (non-hydrogen) atoms. The molecule has 132 valence electrons. The molecule has 1 N–H and O–H groups in total. The van der Waals surface area contributed by atoms with Crippen LogP contribution in [-0.4, -0.2) is 26.9 Å². The summed E-state index contributed by atoms with van der Waals surface area (Å²) < 4.78 is 40.8. The number of rotatable bonds is 4. The average Bonchev–Trinajstić information content (AvgIpc) is 2.88. The Morgan fingerprint density at radius 2 is 1.88 bits per heavy atom. The fourth-order valence-corrected chi connectivity index (χ4v) is 4.92. The van der Waals surface area contributed by atoms with Gasteiger partial charge in [0, 0.05) is 12.2 Å². The van der Waals surface area contributed by atoms with Crippen LogP contribution in [0.2, 0.25) is 5.02 Å². The summed E-state index contributed by atoms with van der Waals surface area (Å²) in [5, 5.41) is 0.105. The molecule has 1 aliphatic heterocycles. The molecule has 0 bridgehead atoms. The molecule has 2 aromatic rings. The van der Waals surface area contributed by atoms with Crippen LogP contribution >= 0.6 is 11.6 Å². The molecule has 0 saturated carbocycles. The van der Waals surface area contributed by atoms with Crippen molar-refractivity contribution in [3.8, 4) is 0 Å². The zero-order valence-electron chi connectivity index (χ0n) is 13.4. The number of hydrogen-bond donors (Lipinski definition) is 1. The Morgan fingerprint density at radius 1 is 1.20 bits per heavy atom. The number of anilines is 1. The van der Waals surface area contributed by atoms with Crippen LogP contribution in [0.15, 0.2) is 47.4 Å². The maximum Gasteiger partial charge on any atom is 0.245 e. The maximum absolute atomic E-state index is 13.0. The lowest BCUT2D eigenvalue weighted by atomic mass is 10.2. The molecule has 1 aliphatic rings. The van der Waals surface area contributed by atoms with Crippen LogP contribution in [0.4, 0.5) is 10.1 Å². The van der Waals surface area contributed by atoms with Gasteiger partial charge in [-0.25, -0.2) is 12.8 Å². The highest BCUT2D eigenvalue weighted by Gasteiger charge is 2.36. The lowest BCUT2D eigenvalue weighted by Gasteiger charge is -2.18. The van der Waals surface area contributed by atoms with E-state index in [1.54, 1.807) is 19.1 Å². The molecule has 0 spiro atoms. The Hall–Kier alpha value is -1.96. The summed E-state index contributed by atoms with van der Waals surface area (Å²) in [6.45, 7) is 1.99. The Bertz CT molecular complexity index is 896. The molecule has 0 radical (unpaired) electrons. The predicted molar refractivity (Wildman–Crippen MR) is 93.7 cm³/mol. The van der Waals surface area contributed by atoms with Crippen molar-refractivity contribution >= 4 is 33.2 Å². The first kappa shape index (κ1) is 17.8. The second-order valence-electron chi connectivity index (χ2n) is 5.81. The third-order valence-electron chi connectivity index (χ3n) is 4.07. The molecule has 1 fully saturated rings. The number of carbonyl (C=O) groups is 1. The van der Waals surface area contributed by atoms with Crippen molar-refractivity contribution in [3.05, 3.63) is 58.9 Å². The first-order valence-corrected chi connectivity index (χ1v) is 9.50. The number of aryl methyl sites for hydroxylation is 1. The van der Waals surface area contributed by atoms with E-state index in [9.17, 15) is 17.6 Å². The van der Waals surface area contributed by atoms with Gasteiger partial charge in [0.1, 0.15) is 16.8 Å².